The molecule has 1 aromatic rings. The minimum Gasteiger partial charge on any atom is -0.300 e. The van der Waals surface area contributed by atoms with Crippen LogP contribution in [-0.4, -0.2) is 24.5 Å². The summed E-state index contributed by atoms with van der Waals surface area (Å²) < 4.78 is 0. The number of allylic oxidation sites excluding steroid dienone is 1. The molecular weight excluding hydrogens is 290 g/mol. The van der Waals surface area contributed by atoms with Gasteiger partial charge in [0.15, 0.2) is 0 Å². The molecule has 122 valence electrons. The smallest absolute Gasteiger partial charge is 0.0169 e. The lowest BCUT2D eigenvalue weighted by atomic mass is 9.81. The highest BCUT2D eigenvalue weighted by Gasteiger charge is 2.19. The molecule has 1 heterocycles. The predicted molar refractivity (Wildman–Crippen MR) is 98.5 cm³/mol. The molecule has 0 spiro atoms. The molecule has 0 aromatic heterocycles. The zero-order chi connectivity index (χ0) is 14.3. The Bertz CT molecular complexity index is 442. The molecule has 1 saturated heterocycles. The summed E-state index contributed by atoms with van der Waals surface area (Å²) in [5.41, 5.74) is 3.09. The van der Waals surface area contributed by atoms with E-state index in [-0.39, 0.29) is 12.4 Å². The SMILES string of the molecule is C(/CN1CCCCC1)=C(/c1ccccc1)C1CCCCC1.Cl. The van der Waals surface area contributed by atoms with Crippen LogP contribution < -0.4 is 0 Å². The maximum Gasteiger partial charge on any atom is 0.0169 e. The summed E-state index contributed by atoms with van der Waals surface area (Å²) in [5, 5.41) is 0. The first kappa shape index (κ1) is 17.6. The van der Waals surface area contributed by atoms with Crippen molar-refractivity contribution >= 4 is 18.0 Å². The van der Waals surface area contributed by atoms with Crippen molar-refractivity contribution < 1.29 is 0 Å². The second kappa shape index (κ2) is 9.37. The molecule has 0 atom stereocenters. The highest BCUT2D eigenvalue weighted by atomic mass is 35.5. The molecule has 1 aliphatic heterocycles. The highest BCUT2D eigenvalue weighted by Crippen LogP contribution is 2.35. The first-order valence-corrected chi connectivity index (χ1v) is 8.91. The lowest BCUT2D eigenvalue weighted by Gasteiger charge is -2.28. The van der Waals surface area contributed by atoms with E-state index in [9.17, 15) is 0 Å². The molecule has 0 bridgehead atoms. The van der Waals surface area contributed by atoms with E-state index in [4.69, 9.17) is 0 Å². The van der Waals surface area contributed by atoms with Gasteiger partial charge in [-0.05, 0) is 55.8 Å². The molecule has 0 N–H and O–H groups in total. The lowest BCUT2D eigenvalue weighted by molar-refractivity contribution is 0.251. The number of rotatable bonds is 4. The maximum atomic E-state index is 2.63. The summed E-state index contributed by atoms with van der Waals surface area (Å²) in [6, 6.07) is 11.1. The van der Waals surface area contributed by atoms with Gasteiger partial charge >= 0.3 is 0 Å². The van der Waals surface area contributed by atoms with Gasteiger partial charge in [0.25, 0.3) is 0 Å². The van der Waals surface area contributed by atoms with Gasteiger partial charge in [-0.3, -0.25) is 4.90 Å². The topological polar surface area (TPSA) is 3.24 Å². The standard InChI is InChI=1S/C20H29N.ClH/c1-4-10-18(11-5-1)20(19-12-6-2-7-13-19)14-17-21-15-8-3-9-16-21;/h1,4-5,10-11,14,19H,2-3,6-9,12-13,15-17H2;1H/b20-14+;. The fraction of sp³-hybridized carbons (Fsp3) is 0.600. The lowest BCUT2D eigenvalue weighted by Crippen LogP contribution is -2.30. The Kier molecular flexibility index (Phi) is 7.48. The van der Waals surface area contributed by atoms with Gasteiger partial charge in [0.2, 0.25) is 0 Å². The Morgan fingerprint density at radius 1 is 0.909 bits per heavy atom. The normalized spacial score (nSPS) is 21.4. The van der Waals surface area contributed by atoms with Gasteiger partial charge in [-0.2, -0.15) is 0 Å². The fourth-order valence-corrected chi connectivity index (χ4v) is 3.93. The van der Waals surface area contributed by atoms with Crippen LogP contribution in [0.15, 0.2) is 36.4 Å². The van der Waals surface area contributed by atoms with Crippen molar-refractivity contribution in [2.75, 3.05) is 19.6 Å². The number of halogens is 1. The van der Waals surface area contributed by atoms with E-state index in [0.717, 1.165) is 12.5 Å². The molecule has 1 aliphatic carbocycles. The Morgan fingerprint density at radius 3 is 2.23 bits per heavy atom. The van der Waals surface area contributed by atoms with E-state index in [1.165, 1.54) is 70.0 Å². The molecule has 2 heteroatoms. The van der Waals surface area contributed by atoms with Crippen molar-refractivity contribution in [3.63, 3.8) is 0 Å². The number of hydrogen-bond donors (Lipinski definition) is 0. The van der Waals surface area contributed by atoms with E-state index >= 15 is 0 Å². The molecule has 0 radical (unpaired) electrons. The van der Waals surface area contributed by atoms with Crippen LogP contribution in [0.2, 0.25) is 0 Å². The second-order valence-electron chi connectivity index (χ2n) is 6.72. The molecule has 0 amide bonds. The van der Waals surface area contributed by atoms with Gasteiger partial charge in [-0.15, -0.1) is 12.4 Å². The molecule has 22 heavy (non-hydrogen) atoms. The van der Waals surface area contributed by atoms with Crippen molar-refractivity contribution in [3.8, 4) is 0 Å². The van der Waals surface area contributed by atoms with Crippen LogP contribution in [0.4, 0.5) is 0 Å². The summed E-state index contributed by atoms with van der Waals surface area (Å²) in [6.45, 7) is 3.74. The van der Waals surface area contributed by atoms with E-state index < -0.39 is 0 Å². The molecule has 2 aliphatic rings. The molecule has 1 saturated carbocycles. The molecule has 0 unspecified atom stereocenters. The van der Waals surface area contributed by atoms with E-state index in [2.05, 4.69) is 41.3 Å². The van der Waals surface area contributed by atoms with Crippen LogP contribution in [0.5, 0.6) is 0 Å². The first-order chi connectivity index (χ1) is 10.4. The third-order valence-corrected chi connectivity index (χ3v) is 5.17. The van der Waals surface area contributed by atoms with E-state index in [1.807, 2.05) is 0 Å². The van der Waals surface area contributed by atoms with Crippen molar-refractivity contribution in [1.82, 2.24) is 4.90 Å². The fourth-order valence-electron chi connectivity index (χ4n) is 3.93. The number of likely N-dealkylation sites (tertiary alicyclic amines) is 1. The van der Waals surface area contributed by atoms with Crippen molar-refractivity contribution in [1.29, 1.82) is 0 Å². The molecule has 3 rings (SSSR count). The minimum atomic E-state index is 0. The summed E-state index contributed by atoms with van der Waals surface area (Å²) in [4.78, 5) is 2.63. The minimum absolute atomic E-state index is 0. The van der Waals surface area contributed by atoms with Crippen molar-refractivity contribution in [3.05, 3.63) is 42.0 Å². The van der Waals surface area contributed by atoms with E-state index in [0.29, 0.717) is 0 Å². The quantitative estimate of drug-likeness (QED) is 0.702. The van der Waals surface area contributed by atoms with Gasteiger partial charge in [0.05, 0.1) is 0 Å². The maximum absolute atomic E-state index is 2.63. The number of piperidine rings is 1. The average Bonchev–Trinajstić information content (AvgIpc) is 2.58. The molecule has 1 aromatic carbocycles. The zero-order valence-corrected chi connectivity index (χ0v) is 14.5. The van der Waals surface area contributed by atoms with Gasteiger partial charge in [0, 0.05) is 6.54 Å². The van der Waals surface area contributed by atoms with Gasteiger partial charge < -0.3 is 0 Å². The second-order valence-corrected chi connectivity index (χ2v) is 6.72. The van der Waals surface area contributed by atoms with Crippen molar-refractivity contribution in [2.45, 2.75) is 51.4 Å². The highest BCUT2D eigenvalue weighted by molar-refractivity contribution is 5.85. The van der Waals surface area contributed by atoms with Gasteiger partial charge in [-0.1, -0.05) is 62.1 Å². The summed E-state index contributed by atoms with van der Waals surface area (Å²) in [6.07, 6.45) is 13.8. The Labute approximate surface area is 142 Å². The third kappa shape index (κ3) is 4.86. The number of hydrogen-bond acceptors (Lipinski definition) is 1. The molecule has 1 nitrogen and oxygen atoms in total. The molecular formula is C20H30ClN. The van der Waals surface area contributed by atoms with Gasteiger partial charge in [-0.25, -0.2) is 0 Å². The number of benzene rings is 1. The average molecular weight is 320 g/mol. The largest absolute Gasteiger partial charge is 0.300 e. The summed E-state index contributed by atoms with van der Waals surface area (Å²) in [5.74, 6) is 0.797. The summed E-state index contributed by atoms with van der Waals surface area (Å²) >= 11 is 0. The van der Waals surface area contributed by atoms with Crippen LogP contribution in [0.3, 0.4) is 0 Å². The predicted octanol–water partition coefficient (Wildman–Crippen LogP) is 5.56. The van der Waals surface area contributed by atoms with Gasteiger partial charge in [0.1, 0.15) is 0 Å². The van der Waals surface area contributed by atoms with E-state index in [1.54, 1.807) is 5.57 Å². The van der Waals surface area contributed by atoms with Crippen LogP contribution in [-0.2, 0) is 0 Å². The number of nitrogens with zero attached hydrogens (tertiary/aromatic N) is 1. The molecule has 2 fully saturated rings. The first-order valence-electron chi connectivity index (χ1n) is 8.91. The Morgan fingerprint density at radius 2 is 1.55 bits per heavy atom. The van der Waals surface area contributed by atoms with Crippen molar-refractivity contribution in [2.24, 2.45) is 5.92 Å². The zero-order valence-electron chi connectivity index (χ0n) is 13.7. The summed E-state index contributed by atoms with van der Waals surface area (Å²) in [7, 11) is 0. The Hall–Kier alpha value is -0.790. The van der Waals surface area contributed by atoms with Crippen LogP contribution in [0.25, 0.3) is 5.57 Å². The Balaban J connectivity index is 0.00000176. The monoisotopic (exact) mass is 319 g/mol. The van der Waals surface area contributed by atoms with Crippen LogP contribution in [0, 0.1) is 5.92 Å². The third-order valence-electron chi connectivity index (χ3n) is 5.17. The van der Waals surface area contributed by atoms with Crippen LogP contribution in [0.1, 0.15) is 56.9 Å². The van der Waals surface area contributed by atoms with Crippen LogP contribution >= 0.6 is 12.4 Å².